The number of H-pyrrole nitrogens is 1. The van der Waals surface area contributed by atoms with Crippen LogP contribution in [-0.4, -0.2) is 19.5 Å². The van der Waals surface area contributed by atoms with Crippen molar-refractivity contribution in [3.63, 3.8) is 0 Å². The van der Waals surface area contributed by atoms with Gasteiger partial charge in [-0.25, -0.2) is 9.97 Å². The summed E-state index contributed by atoms with van der Waals surface area (Å²) < 4.78 is 3.33. The first-order valence-electron chi connectivity index (χ1n) is 6.51. The zero-order valence-corrected chi connectivity index (χ0v) is 11.9. The van der Waals surface area contributed by atoms with Gasteiger partial charge in [0.15, 0.2) is 0 Å². The summed E-state index contributed by atoms with van der Waals surface area (Å²) in [4.78, 5) is 12.1. The van der Waals surface area contributed by atoms with Gasteiger partial charge < -0.3 is 9.55 Å². The Labute approximate surface area is 119 Å². The van der Waals surface area contributed by atoms with Gasteiger partial charge >= 0.3 is 0 Å². The summed E-state index contributed by atoms with van der Waals surface area (Å²) in [5.41, 5.74) is 4.52. The maximum Gasteiger partial charge on any atom is 0.141 e. The van der Waals surface area contributed by atoms with Crippen LogP contribution in [0.5, 0.6) is 0 Å². The van der Waals surface area contributed by atoms with Crippen LogP contribution < -0.4 is 0 Å². The highest BCUT2D eigenvalue weighted by Crippen LogP contribution is 2.31. The Morgan fingerprint density at radius 3 is 3.16 bits per heavy atom. The van der Waals surface area contributed by atoms with Crippen molar-refractivity contribution in [2.24, 2.45) is 0 Å². The van der Waals surface area contributed by atoms with Crippen LogP contribution in [-0.2, 0) is 13.0 Å². The highest BCUT2D eigenvalue weighted by molar-refractivity contribution is 9.10. The number of aromatic amines is 1. The van der Waals surface area contributed by atoms with Crippen LogP contribution in [0, 0.1) is 0 Å². The molecule has 19 heavy (non-hydrogen) atoms. The van der Waals surface area contributed by atoms with Crippen molar-refractivity contribution >= 4 is 27.0 Å². The van der Waals surface area contributed by atoms with Gasteiger partial charge in [-0.3, -0.25) is 0 Å². The molecule has 0 aliphatic carbocycles. The lowest BCUT2D eigenvalue weighted by Crippen LogP contribution is -2.11. The molecule has 3 aromatic rings. The number of aromatic nitrogens is 4. The number of benzene rings is 1. The van der Waals surface area contributed by atoms with Gasteiger partial charge in [0.05, 0.1) is 23.1 Å². The minimum absolute atomic E-state index is 0.993. The van der Waals surface area contributed by atoms with E-state index in [0.29, 0.717) is 0 Å². The molecule has 0 fully saturated rings. The Bertz CT molecular complexity index is 756. The standard InChI is InChI=1S/C14H13BrN4/c15-13-12-3-1-2-6-19(12)14(18-13)9-4-5-10-11(7-9)17-8-16-10/h4-5,7-8H,1-3,6H2,(H,16,17). The third-order valence-electron chi connectivity index (χ3n) is 3.75. The van der Waals surface area contributed by atoms with Crippen LogP contribution in [0.4, 0.5) is 0 Å². The summed E-state index contributed by atoms with van der Waals surface area (Å²) in [6, 6.07) is 6.26. The fraction of sp³-hybridized carbons (Fsp3) is 0.286. The van der Waals surface area contributed by atoms with Gasteiger partial charge in [0.25, 0.3) is 0 Å². The summed E-state index contributed by atoms with van der Waals surface area (Å²) >= 11 is 3.59. The number of hydrogen-bond acceptors (Lipinski definition) is 2. The average Bonchev–Trinajstić information content (AvgIpc) is 3.03. The van der Waals surface area contributed by atoms with E-state index in [9.17, 15) is 0 Å². The van der Waals surface area contributed by atoms with Crippen molar-refractivity contribution in [1.29, 1.82) is 0 Å². The normalized spacial score (nSPS) is 14.8. The van der Waals surface area contributed by atoms with E-state index in [1.165, 1.54) is 18.5 Å². The monoisotopic (exact) mass is 316 g/mol. The fourth-order valence-corrected chi connectivity index (χ4v) is 3.37. The number of fused-ring (bicyclic) bond motifs is 2. The second kappa shape index (κ2) is 4.20. The zero-order valence-electron chi connectivity index (χ0n) is 10.4. The van der Waals surface area contributed by atoms with E-state index >= 15 is 0 Å². The Kier molecular flexibility index (Phi) is 2.48. The fourth-order valence-electron chi connectivity index (χ4n) is 2.79. The molecule has 0 amide bonds. The number of hydrogen-bond donors (Lipinski definition) is 1. The quantitative estimate of drug-likeness (QED) is 0.746. The summed E-state index contributed by atoms with van der Waals surface area (Å²) in [5.74, 6) is 1.05. The first kappa shape index (κ1) is 11.2. The van der Waals surface area contributed by atoms with Crippen molar-refractivity contribution in [2.75, 3.05) is 0 Å². The van der Waals surface area contributed by atoms with Crippen molar-refractivity contribution in [3.05, 3.63) is 34.8 Å². The number of rotatable bonds is 1. The van der Waals surface area contributed by atoms with E-state index in [4.69, 9.17) is 4.98 Å². The van der Waals surface area contributed by atoms with Gasteiger partial charge in [-0.1, -0.05) is 0 Å². The topological polar surface area (TPSA) is 46.5 Å². The molecule has 0 saturated heterocycles. The maximum atomic E-state index is 4.70. The molecule has 4 nitrogen and oxygen atoms in total. The lowest BCUT2D eigenvalue weighted by atomic mass is 10.1. The molecule has 0 radical (unpaired) electrons. The smallest absolute Gasteiger partial charge is 0.141 e. The molecular weight excluding hydrogens is 304 g/mol. The molecule has 5 heteroatoms. The molecule has 2 aromatic heterocycles. The average molecular weight is 317 g/mol. The third-order valence-corrected chi connectivity index (χ3v) is 4.38. The first-order valence-corrected chi connectivity index (χ1v) is 7.30. The largest absolute Gasteiger partial charge is 0.345 e. The molecule has 4 rings (SSSR count). The molecule has 0 saturated carbocycles. The molecule has 0 unspecified atom stereocenters. The van der Waals surface area contributed by atoms with Crippen LogP contribution in [0.1, 0.15) is 18.5 Å². The summed E-state index contributed by atoms with van der Waals surface area (Å²) in [6.45, 7) is 1.06. The van der Waals surface area contributed by atoms with Crippen molar-refractivity contribution in [3.8, 4) is 11.4 Å². The maximum absolute atomic E-state index is 4.70. The highest BCUT2D eigenvalue weighted by atomic mass is 79.9. The van der Waals surface area contributed by atoms with Crippen molar-refractivity contribution in [2.45, 2.75) is 25.8 Å². The number of nitrogens with zero attached hydrogens (tertiary/aromatic N) is 3. The van der Waals surface area contributed by atoms with E-state index in [0.717, 1.165) is 40.0 Å². The predicted molar refractivity (Wildman–Crippen MR) is 78.0 cm³/mol. The second-order valence-corrected chi connectivity index (χ2v) is 5.67. The lowest BCUT2D eigenvalue weighted by Gasteiger charge is -2.16. The molecule has 3 heterocycles. The minimum Gasteiger partial charge on any atom is -0.345 e. The van der Waals surface area contributed by atoms with Gasteiger partial charge in [0, 0.05) is 12.1 Å². The summed E-state index contributed by atoms with van der Waals surface area (Å²) in [7, 11) is 0. The van der Waals surface area contributed by atoms with E-state index in [2.05, 4.69) is 42.6 Å². The number of nitrogens with one attached hydrogen (secondary N) is 1. The Morgan fingerprint density at radius 1 is 1.26 bits per heavy atom. The van der Waals surface area contributed by atoms with Gasteiger partial charge in [-0.2, -0.15) is 0 Å². The molecule has 1 aromatic carbocycles. The van der Waals surface area contributed by atoms with Gasteiger partial charge in [0.2, 0.25) is 0 Å². The second-order valence-electron chi connectivity index (χ2n) is 4.92. The van der Waals surface area contributed by atoms with E-state index in [1.54, 1.807) is 6.33 Å². The lowest BCUT2D eigenvalue weighted by molar-refractivity contribution is 0.535. The van der Waals surface area contributed by atoms with Crippen LogP contribution in [0.15, 0.2) is 29.1 Å². The zero-order chi connectivity index (χ0) is 12.8. The van der Waals surface area contributed by atoms with E-state index in [1.807, 2.05) is 6.07 Å². The third kappa shape index (κ3) is 1.72. The van der Waals surface area contributed by atoms with Gasteiger partial charge in [-0.05, 0) is 53.4 Å². The Morgan fingerprint density at radius 2 is 2.21 bits per heavy atom. The van der Waals surface area contributed by atoms with E-state index in [-0.39, 0.29) is 0 Å². The summed E-state index contributed by atoms with van der Waals surface area (Å²) in [6.07, 6.45) is 5.32. The molecule has 96 valence electrons. The molecule has 1 aliphatic heterocycles. The Balaban J connectivity index is 1.91. The first-order chi connectivity index (χ1) is 9.33. The van der Waals surface area contributed by atoms with Crippen LogP contribution in [0.25, 0.3) is 22.4 Å². The number of halogens is 1. The molecular formula is C14H13BrN4. The highest BCUT2D eigenvalue weighted by Gasteiger charge is 2.19. The number of imidazole rings is 2. The van der Waals surface area contributed by atoms with Crippen molar-refractivity contribution in [1.82, 2.24) is 19.5 Å². The minimum atomic E-state index is 0.993. The van der Waals surface area contributed by atoms with Gasteiger partial charge in [-0.15, -0.1) is 0 Å². The Hall–Kier alpha value is -1.62. The molecule has 0 bridgehead atoms. The molecule has 0 atom stereocenters. The van der Waals surface area contributed by atoms with Crippen LogP contribution in [0.3, 0.4) is 0 Å². The van der Waals surface area contributed by atoms with Crippen LogP contribution in [0.2, 0.25) is 0 Å². The SMILES string of the molecule is Brc1nc(-c2ccc3nc[nH]c3c2)n2c1CCCC2. The van der Waals surface area contributed by atoms with Crippen LogP contribution >= 0.6 is 15.9 Å². The summed E-state index contributed by atoms with van der Waals surface area (Å²) in [5, 5.41) is 0. The van der Waals surface area contributed by atoms with Crippen molar-refractivity contribution < 1.29 is 0 Å². The van der Waals surface area contributed by atoms with E-state index < -0.39 is 0 Å². The molecule has 1 N–H and O–H groups in total. The molecule has 0 spiro atoms. The molecule has 1 aliphatic rings. The predicted octanol–water partition coefficient (Wildman–Crippen LogP) is 3.53. The van der Waals surface area contributed by atoms with Gasteiger partial charge in [0.1, 0.15) is 10.4 Å².